The molecule has 10 nitrogen and oxygen atoms in total. The van der Waals surface area contributed by atoms with E-state index in [1.165, 1.54) is 0 Å². The molecule has 1 amide bonds. The topological polar surface area (TPSA) is 107 Å². The van der Waals surface area contributed by atoms with Crippen molar-refractivity contribution in [3.8, 4) is 11.1 Å². The Labute approximate surface area is 178 Å². The maximum absolute atomic E-state index is 12.7. The van der Waals surface area contributed by atoms with E-state index in [4.69, 9.17) is 0 Å². The van der Waals surface area contributed by atoms with Gasteiger partial charge >= 0.3 is 0 Å². The second kappa shape index (κ2) is 7.88. The lowest BCUT2D eigenvalue weighted by atomic mass is 10.1. The Kier molecular flexibility index (Phi) is 4.91. The van der Waals surface area contributed by atoms with Crippen molar-refractivity contribution in [1.82, 2.24) is 39.9 Å². The SMILES string of the molecule is CN1CCC(n2cc(C(=O)Nc3cc4cc(-c5cnn(C)c5)ccc4nn3)nn2)CC1. The van der Waals surface area contributed by atoms with E-state index in [0.717, 1.165) is 48.0 Å². The first-order chi connectivity index (χ1) is 15.0. The summed E-state index contributed by atoms with van der Waals surface area (Å²) in [5, 5.41) is 24.4. The predicted octanol–water partition coefficient (Wildman–Crippen LogP) is 2.14. The third-order valence-corrected chi connectivity index (χ3v) is 5.67. The largest absolute Gasteiger partial charge is 0.306 e. The molecule has 0 bridgehead atoms. The zero-order chi connectivity index (χ0) is 21.4. The van der Waals surface area contributed by atoms with Crippen LogP contribution >= 0.6 is 0 Å². The third kappa shape index (κ3) is 4.02. The number of hydrogen-bond donors (Lipinski definition) is 1. The summed E-state index contributed by atoms with van der Waals surface area (Å²) in [6.45, 7) is 2.03. The van der Waals surface area contributed by atoms with E-state index in [1.54, 1.807) is 15.6 Å². The number of likely N-dealkylation sites (tertiary alicyclic amines) is 1. The van der Waals surface area contributed by atoms with Crippen LogP contribution in [0.1, 0.15) is 29.4 Å². The average molecular weight is 417 g/mol. The van der Waals surface area contributed by atoms with E-state index < -0.39 is 0 Å². The van der Waals surface area contributed by atoms with E-state index in [2.05, 4.69) is 42.9 Å². The highest BCUT2D eigenvalue weighted by Gasteiger charge is 2.21. The summed E-state index contributed by atoms with van der Waals surface area (Å²) in [6, 6.07) is 7.97. The number of amides is 1. The summed E-state index contributed by atoms with van der Waals surface area (Å²) < 4.78 is 3.56. The summed E-state index contributed by atoms with van der Waals surface area (Å²) in [6.07, 6.45) is 7.46. The molecule has 4 aromatic rings. The van der Waals surface area contributed by atoms with Crippen LogP contribution in [-0.4, -0.2) is 65.9 Å². The highest BCUT2D eigenvalue weighted by Crippen LogP contribution is 2.24. The van der Waals surface area contributed by atoms with Crippen LogP contribution in [0.15, 0.2) is 42.9 Å². The van der Waals surface area contributed by atoms with Crippen LogP contribution in [0.4, 0.5) is 5.82 Å². The summed E-state index contributed by atoms with van der Waals surface area (Å²) >= 11 is 0. The number of piperidine rings is 1. The fourth-order valence-electron chi connectivity index (χ4n) is 3.86. The van der Waals surface area contributed by atoms with Gasteiger partial charge in [-0.3, -0.25) is 9.48 Å². The molecule has 1 aromatic carbocycles. The fraction of sp³-hybridized carbons (Fsp3) is 0.333. The number of nitrogens with one attached hydrogen (secondary N) is 1. The lowest BCUT2D eigenvalue weighted by Crippen LogP contribution is -2.31. The van der Waals surface area contributed by atoms with Gasteiger partial charge < -0.3 is 10.2 Å². The Morgan fingerprint density at radius 1 is 1.03 bits per heavy atom. The van der Waals surface area contributed by atoms with Crippen molar-refractivity contribution in [2.24, 2.45) is 7.05 Å². The third-order valence-electron chi connectivity index (χ3n) is 5.67. The minimum atomic E-state index is -0.351. The van der Waals surface area contributed by atoms with Crippen LogP contribution < -0.4 is 5.32 Å². The molecular formula is C21H23N9O. The molecule has 4 heterocycles. The van der Waals surface area contributed by atoms with Gasteiger partial charge in [0.05, 0.1) is 24.0 Å². The molecule has 0 unspecified atom stereocenters. The van der Waals surface area contributed by atoms with E-state index >= 15 is 0 Å². The van der Waals surface area contributed by atoms with Crippen molar-refractivity contribution >= 4 is 22.6 Å². The van der Waals surface area contributed by atoms with Gasteiger partial charge in [-0.05, 0) is 56.7 Å². The maximum Gasteiger partial charge on any atom is 0.279 e. The first-order valence-electron chi connectivity index (χ1n) is 10.2. The van der Waals surface area contributed by atoms with Crippen LogP contribution in [0.3, 0.4) is 0 Å². The number of carbonyl (C=O) groups excluding carboxylic acids is 1. The van der Waals surface area contributed by atoms with Gasteiger partial charge in [-0.1, -0.05) is 11.3 Å². The maximum atomic E-state index is 12.7. The Morgan fingerprint density at radius 3 is 2.65 bits per heavy atom. The lowest BCUT2D eigenvalue weighted by molar-refractivity contribution is 0.102. The molecule has 31 heavy (non-hydrogen) atoms. The minimum absolute atomic E-state index is 0.268. The van der Waals surface area contributed by atoms with Crippen LogP contribution in [0.5, 0.6) is 0 Å². The highest BCUT2D eigenvalue weighted by atomic mass is 16.2. The molecule has 0 saturated carbocycles. The van der Waals surface area contributed by atoms with E-state index in [9.17, 15) is 4.79 Å². The zero-order valence-corrected chi connectivity index (χ0v) is 17.4. The Bertz CT molecular complexity index is 1240. The second-order valence-corrected chi connectivity index (χ2v) is 7.98. The number of aromatic nitrogens is 7. The van der Waals surface area contributed by atoms with Gasteiger partial charge in [0.25, 0.3) is 5.91 Å². The van der Waals surface area contributed by atoms with Crippen LogP contribution in [0.2, 0.25) is 0 Å². The van der Waals surface area contributed by atoms with Crippen molar-refractivity contribution in [2.75, 3.05) is 25.5 Å². The fourth-order valence-corrected chi connectivity index (χ4v) is 3.86. The smallest absolute Gasteiger partial charge is 0.279 e. The van der Waals surface area contributed by atoms with Gasteiger partial charge in [0.2, 0.25) is 0 Å². The summed E-state index contributed by atoms with van der Waals surface area (Å²) in [4.78, 5) is 15.0. The number of carbonyl (C=O) groups is 1. The normalized spacial score (nSPS) is 15.4. The van der Waals surface area contributed by atoms with Gasteiger partial charge in [-0.25, -0.2) is 4.68 Å². The second-order valence-electron chi connectivity index (χ2n) is 7.98. The molecule has 5 rings (SSSR count). The Morgan fingerprint density at radius 2 is 1.87 bits per heavy atom. The van der Waals surface area contributed by atoms with E-state index in [0.29, 0.717) is 5.82 Å². The molecule has 1 aliphatic heterocycles. The summed E-state index contributed by atoms with van der Waals surface area (Å²) in [5.74, 6) is 0.0194. The molecule has 158 valence electrons. The number of anilines is 1. The number of hydrogen-bond acceptors (Lipinski definition) is 7. The van der Waals surface area contributed by atoms with E-state index in [-0.39, 0.29) is 17.6 Å². The first-order valence-corrected chi connectivity index (χ1v) is 10.2. The van der Waals surface area contributed by atoms with Crippen molar-refractivity contribution in [3.63, 3.8) is 0 Å². The van der Waals surface area contributed by atoms with Gasteiger partial charge in [0, 0.05) is 24.2 Å². The first kappa shape index (κ1) is 19.3. The number of benzene rings is 1. The van der Waals surface area contributed by atoms with Crippen LogP contribution in [0, 0.1) is 0 Å². The number of nitrogens with zero attached hydrogens (tertiary/aromatic N) is 8. The molecule has 1 saturated heterocycles. The standard InChI is InChI=1S/C21H23N9O/c1-28-7-5-17(6-8-28)30-13-19(25-27-30)21(31)23-20-10-15-9-14(3-4-18(15)24-26-20)16-11-22-29(2)12-16/h3-4,9-13,17H,5-8H2,1-2H3,(H,23,26,31). The van der Waals surface area contributed by atoms with Crippen molar-refractivity contribution in [3.05, 3.63) is 48.5 Å². The van der Waals surface area contributed by atoms with Gasteiger partial charge in [0.15, 0.2) is 11.5 Å². The van der Waals surface area contributed by atoms with Crippen LogP contribution in [-0.2, 0) is 7.05 Å². The molecule has 3 aromatic heterocycles. The molecule has 0 radical (unpaired) electrons. The zero-order valence-electron chi connectivity index (χ0n) is 17.4. The van der Waals surface area contributed by atoms with Crippen LogP contribution in [0.25, 0.3) is 22.0 Å². The molecule has 10 heteroatoms. The van der Waals surface area contributed by atoms with Gasteiger partial charge in [-0.2, -0.15) is 5.10 Å². The summed E-state index contributed by atoms with van der Waals surface area (Å²) in [7, 11) is 3.99. The molecule has 1 aliphatic rings. The molecule has 0 spiro atoms. The van der Waals surface area contributed by atoms with Crippen molar-refractivity contribution in [1.29, 1.82) is 0 Å². The molecular weight excluding hydrogens is 394 g/mol. The molecule has 0 atom stereocenters. The van der Waals surface area contributed by atoms with Crippen molar-refractivity contribution < 1.29 is 4.79 Å². The minimum Gasteiger partial charge on any atom is -0.306 e. The Hall–Kier alpha value is -3.66. The van der Waals surface area contributed by atoms with Gasteiger partial charge in [0.1, 0.15) is 0 Å². The molecule has 1 fully saturated rings. The number of rotatable bonds is 4. The number of aryl methyl sites for hydroxylation is 1. The summed E-state index contributed by atoms with van der Waals surface area (Å²) in [5.41, 5.74) is 3.05. The molecule has 0 aliphatic carbocycles. The van der Waals surface area contributed by atoms with Crippen molar-refractivity contribution in [2.45, 2.75) is 18.9 Å². The lowest BCUT2D eigenvalue weighted by Gasteiger charge is -2.28. The predicted molar refractivity (Wildman–Crippen MR) is 115 cm³/mol. The van der Waals surface area contributed by atoms with E-state index in [1.807, 2.05) is 43.7 Å². The molecule has 1 N–H and O–H groups in total. The number of fused-ring (bicyclic) bond motifs is 1. The average Bonchev–Trinajstić information content (AvgIpc) is 3.43. The quantitative estimate of drug-likeness (QED) is 0.542. The highest BCUT2D eigenvalue weighted by molar-refractivity contribution is 6.02. The monoisotopic (exact) mass is 417 g/mol. The van der Waals surface area contributed by atoms with Gasteiger partial charge in [-0.15, -0.1) is 15.3 Å². The Balaban J connectivity index is 1.33.